The van der Waals surface area contributed by atoms with E-state index in [4.69, 9.17) is 4.98 Å². The molecule has 1 amide bonds. The van der Waals surface area contributed by atoms with Crippen LogP contribution in [-0.2, 0) is 12.8 Å². The molecule has 0 spiro atoms. The van der Waals surface area contributed by atoms with E-state index in [0.29, 0.717) is 5.69 Å². The summed E-state index contributed by atoms with van der Waals surface area (Å²) in [5, 5.41) is 10.4. The zero-order chi connectivity index (χ0) is 17.4. The summed E-state index contributed by atoms with van der Waals surface area (Å²) in [6.07, 6.45) is 3.93. The first-order chi connectivity index (χ1) is 12.2. The van der Waals surface area contributed by atoms with Crippen LogP contribution in [0.3, 0.4) is 0 Å². The molecule has 6 heteroatoms. The van der Waals surface area contributed by atoms with E-state index in [1.807, 2.05) is 24.3 Å². The van der Waals surface area contributed by atoms with Gasteiger partial charge in [0.05, 0.1) is 17.1 Å². The van der Waals surface area contributed by atoms with Gasteiger partial charge in [-0.05, 0) is 37.3 Å². The van der Waals surface area contributed by atoms with Crippen LogP contribution in [0.5, 0.6) is 0 Å². The third kappa shape index (κ3) is 2.81. The Balaban J connectivity index is 1.64. The van der Waals surface area contributed by atoms with E-state index in [1.54, 1.807) is 0 Å². The first-order valence-corrected chi connectivity index (χ1v) is 8.99. The van der Waals surface area contributed by atoms with Crippen molar-refractivity contribution in [2.75, 3.05) is 0 Å². The molecule has 1 aromatic carbocycles. The van der Waals surface area contributed by atoms with Gasteiger partial charge in [-0.1, -0.05) is 32.4 Å². The number of para-hydroxylation sites is 2. The lowest BCUT2D eigenvalue weighted by Gasteiger charge is -2.22. The molecular formula is C19H23N5O. The Morgan fingerprint density at radius 3 is 2.96 bits per heavy atom. The Morgan fingerprint density at radius 2 is 2.16 bits per heavy atom. The molecule has 130 valence electrons. The maximum atomic E-state index is 12.8. The summed E-state index contributed by atoms with van der Waals surface area (Å²) in [5.41, 5.74) is 4.62. The van der Waals surface area contributed by atoms with Gasteiger partial charge in [-0.25, -0.2) is 4.98 Å². The van der Waals surface area contributed by atoms with Crippen LogP contribution < -0.4 is 5.32 Å². The summed E-state index contributed by atoms with van der Waals surface area (Å²) in [6, 6.07) is 7.76. The molecular weight excluding hydrogens is 314 g/mol. The van der Waals surface area contributed by atoms with Gasteiger partial charge in [0.2, 0.25) is 0 Å². The van der Waals surface area contributed by atoms with Gasteiger partial charge in [0, 0.05) is 11.3 Å². The van der Waals surface area contributed by atoms with Crippen LogP contribution in [0.15, 0.2) is 24.3 Å². The second-order valence-electron chi connectivity index (χ2n) is 6.86. The molecule has 0 fully saturated rings. The first kappa shape index (κ1) is 15.9. The number of nitrogens with zero attached hydrogens (tertiary/aromatic N) is 2. The van der Waals surface area contributed by atoms with E-state index < -0.39 is 0 Å². The number of H-pyrrole nitrogens is 2. The van der Waals surface area contributed by atoms with E-state index in [2.05, 4.69) is 34.3 Å². The summed E-state index contributed by atoms with van der Waals surface area (Å²) in [7, 11) is 0. The molecule has 2 heterocycles. The number of benzene rings is 1. The average molecular weight is 337 g/mol. The molecule has 1 aliphatic carbocycles. The number of carbonyl (C=O) groups is 1. The summed E-state index contributed by atoms with van der Waals surface area (Å²) >= 11 is 0. The van der Waals surface area contributed by atoms with E-state index in [0.717, 1.165) is 53.8 Å². The number of amides is 1. The Kier molecular flexibility index (Phi) is 4.03. The van der Waals surface area contributed by atoms with Crippen LogP contribution in [0.25, 0.3) is 11.0 Å². The van der Waals surface area contributed by atoms with E-state index >= 15 is 0 Å². The predicted molar refractivity (Wildman–Crippen MR) is 96.4 cm³/mol. The minimum Gasteiger partial charge on any atom is -0.340 e. The maximum Gasteiger partial charge on any atom is 0.272 e. The summed E-state index contributed by atoms with van der Waals surface area (Å²) in [5.74, 6) is 0.942. The van der Waals surface area contributed by atoms with Gasteiger partial charge in [0.25, 0.3) is 5.91 Å². The topological polar surface area (TPSA) is 86.5 Å². The zero-order valence-corrected chi connectivity index (χ0v) is 14.6. The van der Waals surface area contributed by atoms with Gasteiger partial charge in [-0.2, -0.15) is 5.10 Å². The standard InChI is InChI=1S/C19H23N5O/c1-3-11(2)16(18-20-14-8-4-5-9-15(14)21-18)22-19(25)17-12-7-6-10-13(12)23-24-17/h4-5,8-9,11,16H,3,6-7,10H2,1-2H3,(H,20,21)(H,22,25)(H,23,24). The summed E-state index contributed by atoms with van der Waals surface area (Å²) < 4.78 is 0. The van der Waals surface area contributed by atoms with Crippen molar-refractivity contribution in [2.45, 2.75) is 45.6 Å². The zero-order valence-electron chi connectivity index (χ0n) is 14.6. The normalized spacial score (nSPS) is 15.9. The highest BCUT2D eigenvalue weighted by atomic mass is 16.2. The van der Waals surface area contributed by atoms with Crippen molar-refractivity contribution in [3.63, 3.8) is 0 Å². The third-order valence-corrected chi connectivity index (χ3v) is 5.22. The molecule has 2 atom stereocenters. The predicted octanol–water partition coefficient (Wildman–Crippen LogP) is 3.29. The average Bonchev–Trinajstić information content (AvgIpc) is 3.32. The van der Waals surface area contributed by atoms with Crippen LogP contribution in [0, 0.1) is 5.92 Å². The van der Waals surface area contributed by atoms with Crippen molar-refractivity contribution < 1.29 is 4.79 Å². The number of nitrogens with one attached hydrogen (secondary N) is 3. The molecule has 0 radical (unpaired) electrons. The number of aromatic nitrogens is 4. The van der Waals surface area contributed by atoms with E-state index in [-0.39, 0.29) is 17.9 Å². The van der Waals surface area contributed by atoms with Crippen molar-refractivity contribution in [3.05, 3.63) is 47.0 Å². The number of imidazole rings is 1. The fourth-order valence-corrected chi connectivity index (χ4v) is 3.55. The van der Waals surface area contributed by atoms with E-state index in [1.165, 1.54) is 0 Å². The monoisotopic (exact) mass is 337 g/mol. The SMILES string of the molecule is CCC(C)C(NC(=O)c1n[nH]c2c1CCC2)c1nc2ccccc2[nH]1. The molecule has 0 bridgehead atoms. The van der Waals surface area contributed by atoms with E-state index in [9.17, 15) is 4.79 Å². The number of hydrogen-bond acceptors (Lipinski definition) is 3. The Morgan fingerprint density at radius 1 is 1.32 bits per heavy atom. The number of carbonyl (C=O) groups excluding carboxylic acids is 1. The largest absolute Gasteiger partial charge is 0.340 e. The highest BCUT2D eigenvalue weighted by Crippen LogP contribution is 2.27. The second-order valence-corrected chi connectivity index (χ2v) is 6.86. The Hall–Kier alpha value is -2.63. The van der Waals surface area contributed by atoms with Gasteiger partial charge in [0.15, 0.2) is 5.69 Å². The van der Waals surface area contributed by atoms with Crippen molar-refractivity contribution >= 4 is 16.9 Å². The lowest BCUT2D eigenvalue weighted by Crippen LogP contribution is -2.34. The van der Waals surface area contributed by atoms with Crippen molar-refractivity contribution in [3.8, 4) is 0 Å². The third-order valence-electron chi connectivity index (χ3n) is 5.22. The van der Waals surface area contributed by atoms with Gasteiger partial charge >= 0.3 is 0 Å². The van der Waals surface area contributed by atoms with Gasteiger partial charge < -0.3 is 10.3 Å². The Bertz CT molecular complexity index is 877. The molecule has 6 nitrogen and oxygen atoms in total. The number of rotatable bonds is 5. The first-order valence-electron chi connectivity index (χ1n) is 8.99. The molecule has 0 aliphatic heterocycles. The fourth-order valence-electron chi connectivity index (χ4n) is 3.55. The van der Waals surface area contributed by atoms with Crippen LogP contribution >= 0.6 is 0 Å². The summed E-state index contributed by atoms with van der Waals surface area (Å²) in [4.78, 5) is 20.9. The smallest absolute Gasteiger partial charge is 0.272 e. The second kappa shape index (κ2) is 6.35. The van der Waals surface area contributed by atoms with Crippen molar-refractivity contribution in [2.24, 2.45) is 5.92 Å². The molecule has 0 saturated carbocycles. The lowest BCUT2D eigenvalue weighted by molar-refractivity contribution is 0.0914. The molecule has 1 aliphatic rings. The maximum absolute atomic E-state index is 12.8. The number of hydrogen-bond donors (Lipinski definition) is 3. The number of fused-ring (bicyclic) bond motifs is 2. The van der Waals surface area contributed by atoms with Gasteiger partial charge in [0.1, 0.15) is 5.82 Å². The van der Waals surface area contributed by atoms with Crippen LogP contribution in [0.1, 0.15) is 60.3 Å². The van der Waals surface area contributed by atoms with Crippen LogP contribution in [0.2, 0.25) is 0 Å². The highest BCUT2D eigenvalue weighted by Gasteiger charge is 2.28. The molecule has 3 aromatic rings. The van der Waals surface area contributed by atoms with Crippen LogP contribution in [-0.4, -0.2) is 26.1 Å². The highest BCUT2D eigenvalue weighted by molar-refractivity contribution is 5.94. The van der Waals surface area contributed by atoms with Gasteiger partial charge in [-0.15, -0.1) is 0 Å². The molecule has 4 rings (SSSR count). The molecule has 25 heavy (non-hydrogen) atoms. The minimum atomic E-state index is -0.168. The molecule has 3 N–H and O–H groups in total. The Labute approximate surface area is 146 Å². The fraction of sp³-hybridized carbons (Fsp3) is 0.421. The number of aromatic amines is 2. The molecule has 2 aromatic heterocycles. The lowest BCUT2D eigenvalue weighted by atomic mass is 9.98. The summed E-state index contributed by atoms with van der Waals surface area (Å²) in [6.45, 7) is 4.26. The minimum absolute atomic E-state index is 0.120. The van der Waals surface area contributed by atoms with Crippen molar-refractivity contribution in [1.82, 2.24) is 25.5 Å². The molecule has 0 saturated heterocycles. The van der Waals surface area contributed by atoms with Crippen molar-refractivity contribution in [1.29, 1.82) is 0 Å². The molecule has 2 unspecified atom stereocenters. The number of aryl methyl sites for hydroxylation is 1. The van der Waals surface area contributed by atoms with Crippen LogP contribution in [0.4, 0.5) is 0 Å². The quantitative estimate of drug-likeness (QED) is 0.668. The van der Waals surface area contributed by atoms with Gasteiger partial charge in [-0.3, -0.25) is 9.89 Å².